The largest absolute Gasteiger partial charge is 0.475 e. The lowest BCUT2D eigenvalue weighted by atomic mass is 10.3. The Hall–Kier alpha value is -1.19. The Morgan fingerprint density at radius 1 is 1.78 bits per heavy atom. The van der Waals surface area contributed by atoms with Crippen LogP contribution in [-0.2, 0) is 4.84 Å². The molecule has 0 fully saturated rings. The van der Waals surface area contributed by atoms with Crippen LogP contribution in [0.2, 0.25) is 0 Å². The fourth-order valence-electron chi connectivity index (χ4n) is 1.01. The Balaban J connectivity index is 2.42. The third kappa shape index (κ3) is 0.497. The number of rotatable bonds is 0. The molecule has 0 radical (unpaired) electrons. The van der Waals surface area contributed by atoms with E-state index < -0.39 is 0 Å². The van der Waals surface area contributed by atoms with Gasteiger partial charge in [0.25, 0.3) is 5.70 Å². The SMILES string of the molecule is OC1=C2CCC=[N+]2NO1. The van der Waals surface area contributed by atoms with Crippen molar-refractivity contribution in [3.05, 3.63) is 11.6 Å². The maximum absolute atomic E-state index is 8.93. The first-order valence-electron chi connectivity index (χ1n) is 2.85. The van der Waals surface area contributed by atoms with Gasteiger partial charge in [0.1, 0.15) is 0 Å². The molecule has 2 heterocycles. The van der Waals surface area contributed by atoms with Gasteiger partial charge < -0.3 is 5.11 Å². The summed E-state index contributed by atoms with van der Waals surface area (Å²) in [6.07, 6.45) is 3.76. The van der Waals surface area contributed by atoms with Crippen molar-refractivity contribution in [1.29, 1.82) is 0 Å². The molecular weight excluding hydrogens is 120 g/mol. The Bertz CT molecular complexity index is 204. The van der Waals surface area contributed by atoms with Crippen molar-refractivity contribution in [2.75, 3.05) is 0 Å². The van der Waals surface area contributed by atoms with E-state index >= 15 is 0 Å². The Morgan fingerprint density at radius 2 is 2.67 bits per heavy atom. The highest BCUT2D eigenvalue weighted by molar-refractivity contribution is 5.54. The van der Waals surface area contributed by atoms with Crippen LogP contribution in [0.4, 0.5) is 0 Å². The van der Waals surface area contributed by atoms with Crippen LogP contribution in [0.15, 0.2) is 11.6 Å². The molecule has 0 aromatic heterocycles. The minimum atomic E-state index is 0.00347. The first-order chi connectivity index (χ1) is 4.38. The number of hydrazine groups is 1. The zero-order chi connectivity index (χ0) is 6.27. The van der Waals surface area contributed by atoms with Gasteiger partial charge in [0, 0.05) is 6.42 Å². The third-order valence-corrected chi connectivity index (χ3v) is 1.47. The molecule has 0 spiro atoms. The topological polar surface area (TPSA) is 44.5 Å². The Morgan fingerprint density at radius 3 is 3.44 bits per heavy atom. The highest BCUT2D eigenvalue weighted by Gasteiger charge is 2.33. The number of hydrogen-bond donors (Lipinski definition) is 2. The van der Waals surface area contributed by atoms with Gasteiger partial charge in [-0.3, -0.25) is 4.84 Å². The van der Waals surface area contributed by atoms with Gasteiger partial charge in [0.05, 0.1) is 6.42 Å². The van der Waals surface area contributed by atoms with Crippen LogP contribution in [0.25, 0.3) is 0 Å². The lowest BCUT2D eigenvalue weighted by Crippen LogP contribution is -2.17. The van der Waals surface area contributed by atoms with Crippen LogP contribution < -0.4 is 5.59 Å². The molecular formula is C5H7N2O2+. The number of aliphatic hydroxyl groups excluding tert-OH is 1. The number of fused-ring (bicyclic) bond motifs is 1. The monoisotopic (exact) mass is 127 g/mol. The average molecular weight is 127 g/mol. The van der Waals surface area contributed by atoms with E-state index in [4.69, 9.17) is 5.11 Å². The van der Waals surface area contributed by atoms with Crippen LogP contribution >= 0.6 is 0 Å². The second kappa shape index (κ2) is 1.40. The summed E-state index contributed by atoms with van der Waals surface area (Å²) >= 11 is 0. The second-order valence-electron chi connectivity index (χ2n) is 2.04. The zero-order valence-corrected chi connectivity index (χ0v) is 4.79. The fraction of sp³-hybridized carbons (Fsp3) is 0.400. The Labute approximate surface area is 52.0 Å². The molecule has 4 heteroatoms. The first kappa shape index (κ1) is 4.67. The van der Waals surface area contributed by atoms with E-state index in [-0.39, 0.29) is 5.95 Å². The molecule has 4 nitrogen and oxygen atoms in total. The standard InChI is InChI=1S/C5H6N2O2/c8-5-4-2-1-3-7(4)6-9-5/h3,6H,1-2H2/p+1. The molecule has 0 saturated heterocycles. The minimum Gasteiger partial charge on any atom is -0.475 e. The smallest absolute Gasteiger partial charge is 0.381 e. The van der Waals surface area contributed by atoms with Crippen LogP contribution in [0.3, 0.4) is 0 Å². The molecule has 2 aliphatic rings. The summed E-state index contributed by atoms with van der Waals surface area (Å²) in [5, 5.41) is 8.93. The van der Waals surface area contributed by atoms with E-state index in [9.17, 15) is 0 Å². The van der Waals surface area contributed by atoms with E-state index in [1.807, 2.05) is 6.21 Å². The van der Waals surface area contributed by atoms with Gasteiger partial charge in [-0.05, 0) is 10.3 Å². The van der Waals surface area contributed by atoms with Gasteiger partial charge in [-0.15, -0.1) is 0 Å². The number of nitrogens with zero attached hydrogens (tertiary/aromatic N) is 1. The highest BCUT2D eigenvalue weighted by Crippen LogP contribution is 2.18. The second-order valence-corrected chi connectivity index (χ2v) is 2.04. The highest BCUT2D eigenvalue weighted by atomic mass is 16.8. The van der Waals surface area contributed by atoms with Gasteiger partial charge in [0.2, 0.25) is 0 Å². The van der Waals surface area contributed by atoms with Crippen LogP contribution in [-0.4, -0.2) is 16.0 Å². The van der Waals surface area contributed by atoms with E-state index in [0.29, 0.717) is 0 Å². The number of aliphatic hydroxyl groups is 1. The molecule has 2 rings (SSSR count). The van der Waals surface area contributed by atoms with Crippen LogP contribution in [0, 0.1) is 0 Å². The molecule has 0 atom stereocenters. The molecule has 0 amide bonds. The summed E-state index contributed by atoms with van der Waals surface area (Å²) in [6, 6.07) is 0. The Kier molecular flexibility index (Phi) is 0.726. The number of hydrogen-bond acceptors (Lipinski definition) is 3. The number of allylic oxidation sites excluding steroid dienone is 1. The van der Waals surface area contributed by atoms with Gasteiger partial charge in [-0.2, -0.15) is 0 Å². The van der Waals surface area contributed by atoms with Gasteiger partial charge in [-0.25, -0.2) is 0 Å². The van der Waals surface area contributed by atoms with Crippen molar-refractivity contribution >= 4 is 6.21 Å². The third-order valence-electron chi connectivity index (χ3n) is 1.47. The molecule has 9 heavy (non-hydrogen) atoms. The summed E-state index contributed by atoms with van der Waals surface area (Å²) in [4.78, 5) is 4.60. The molecule has 0 bridgehead atoms. The molecule has 2 N–H and O–H groups in total. The molecule has 2 aliphatic heterocycles. The maximum Gasteiger partial charge on any atom is 0.381 e. The van der Waals surface area contributed by atoms with Crippen molar-refractivity contribution in [3.63, 3.8) is 0 Å². The molecule has 0 aromatic rings. The summed E-state index contributed by atoms with van der Waals surface area (Å²) in [7, 11) is 0. The molecule has 48 valence electrons. The van der Waals surface area contributed by atoms with E-state index in [1.165, 1.54) is 0 Å². The summed E-state index contributed by atoms with van der Waals surface area (Å²) in [6.45, 7) is 0. The summed E-state index contributed by atoms with van der Waals surface area (Å²) in [5.74, 6) is 0.00347. The van der Waals surface area contributed by atoms with E-state index in [1.54, 1.807) is 4.68 Å². The fourth-order valence-corrected chi connectivity index (χ4v) is 1.01. The van der Waals surface area contributed by atoms with Crippen molar-refractivity contribution in [3.8, 4) is 0 Å². The number of hydrazone groups is 1. The molecule has 0 saturated carbocycles. The molecule has 0 unspecified atom stereocenters. The van der Waals surface area contributed by atoms with Crippen LogP contribution in [0.5, 0.6) is 0 Å². The molecule has 0 aromatic carbocycles. The summed E-state index contributed by atoms with van der Waals surface area (Å²) < 4.78 is 1.69. The van der Waals surface area contributed by atoms with E-state index in [0.717, 1.165) is 18.5 Å². The van der Waals surface area contributed by atoms with Crippen molar-refractivity contribution < 1.29 is 14.6 Å². The van der Waals surface area contributed by atoms with Crippen molar-refractivity contribution in [2.24, 2.45) is 0 Å². The minimum absolute atomic E-state index is 0.00347. The zero-order valence-electron chi connectivity index (χ0n) is 4.79. The lowest BCUT2D eigenvalue weighted by molar-refractivity contribution is -0.567. The lowest BCUT2D eigenvalue weighted by Gasteiger charge is -1.84. The number of nitrogens with one attached hydrogen (secondary N) is 1. The quantitative estimate of drug-likeness (QED) is 0.451. The maximum atomic E-state index is 8.93. The van der Waals surface area contributed by atoms with Gasteiger partial charge in [0.15, 0.2) is 6.21 Å². The predicted molar refractivity (Wildman–Crippen MR) is 29.4 cm³/mol. The van der Waals surface area contributed by atoms with E-state index in [2.05, 4.69) is 10.4 Å². The normalized spacial score (nSPS) is 22.9. The van der Waals surface area contributed by atoms with Gasteiger partial charge >= 0.3 is 5.95 Å². The first-order valence-corrected chi connectivity index (χ1v) is 2.85. The molecule has 0 aliphatic carbocycles. The van der Waals surface area contributed by atoms with Crippen molar-refractivity contribution in [1.82, 2.24) is 5.59 Å². The van der Waals surface area contributed by atoms with Gasteiger partial charge in [-0.1, -0.05) is 0 Å². The average Bonchev–Trinajstić information content (AvgIpc) is 2.35. The van der Waals surface area contributed by atoms with Crippen molar-refractivity contribution in [2.45, 2.75) is 12.8 Å². The summed E-state index contributed by atoms with van der Waals surface area (Å²) in [5.41, 5.74) is 3.35. The van der Waals surface area contributed by atoms with Crippen LogP contribution in [0.1, 0.15) is 12.8 Å². The predicted octanol–water partition coefficient (Wildman–Crippen LogP) is 0.0404.